The Kier molecular flexibility index (Phi) is 10.1. The molecule has 0 saturated heterocycles. The average Bonchev–Trinajstić information content (AvgIpc) is 3.82. The van der Waals surface area contributed by atoms with E-state index in [4.69, 9.17) is 24.4 Å². The molecular formula is C33H36FN3O6S. The van der Waals surface area contributed by atoms with E-state index < -0.39 is 5.97 Å². The summed E-state index contributed by atoms with van der Waals surface area (Å²) in [6.07, 6.45) is 4.19. The van der Waals surface area contributed by atoms with Gasteiger partial charge in [0.1, 0.15) is 17.2 Å². The summed E-state index contributed by atoms with van der Waals surface area (Å²) in [4.78, 5) is 24.7. The first-order valence-electron chi connectivity index (χ1n) is 14.4. The Morgan fingerprint density at radius 3 is 2.48 bits per heavy atom. The zero-order chi connectivity index (χ0) is 31.2. The molecule has 44 heavy (non-hydrogen) atoms. The van der Waals surface area contributed by atoms with Crippen molar-refractivity contribution in [2.24, 2.45) is 0 Å². The fourth-order valence-corrected chi connectivity index (χ4v) is 5.72. The number of benzene rings is 3. The van der Waals surface area contributed by atoms with Crippen LogP contribution in [-0.4, -0.2) is 58.7 Å². The summed E-state index contributed by atoms with van der Waals surface area (Å²) in [7, 11) is 2.91. The lowest BCUT2D eigenvalue weighted by atomic mass is 10.0. The number of furan rings is 1. The topological polar surface area (TPSA) is 116 Å². The molecule has 1 aliphatic rings. The average molecular weight is 622 g/mol. The van der Waals surface area contributed by atoms with Crippen LogP contribution in [0.4, 0.5) is 15.8 Å². The van der Waals surface area contributed by atoms with E-state index >= 15 is 0 Å². The van der Waals surface area contributed by atoms with Gasteiger partial charge < -0.3 is 34.0 Å². The van der Waals surface area contributed by atoms with Crippen molar-refractivity contribution in [2.45, 2.75) is 25.4 Å². The number of nitrogens with one attached hydrogen (secondary N) is 1. The Hall–Kier alpha value is -4.06. The Morgan fingerprint density at radius 2 is 1.82 bits per heavy atom. The summed E-state index contributed by atoms with van der Waals surface area (Å²) >= 11 is 1.60. The number of nitrogens with two attached hydrogens (primary N) is 1. The zero-order valence-corrected chi connectivity index (χ0v) is 25.8. The van der Waals surface area contributed by atoms with E-state index in [1.54, 1.807) is 49.3 Å². The molecular weight excluding hydrogens is 585 g/mol. The van der Waals surface area contributed by atoms with Gasteiger partial charge in [-0.15, -0.1) is 0 Å². The summed E-state index contributed by atoms with van der Waals surface area (Å²) in [6.45, 7) is 2.28. The van der Waals surface area contributed by atoms with Gasteiger partial charge in [-0.25, -0.2) is 9.18 Å². The fraction of sp³-hybridized carbons (Fsp3) is 0.333. The van der Waals surface area contributed by atoms with E-state index in [1.165, 1.54) is 24.8 Å². The third-order valence-electron chi connectivity index (χ3n) is 7.50. The van der Waals surface area contributed by atoms with Crippen molar-refractivity contribution in [3.63, 3.8) is 0 Å². The lowest BCUT2D eigenvalue weighted by Gasteiger charge is -2.24. The second-order valence-electron chi connectivity index (χ2n) is 10.4. The highest BCUT2D eigenvalue weighted by Crippen LogP contribution is 2.48. The minimum absolute atomic E-state index is 0.253. The van der Waals surface area contributed by atoms with Gasteiger partial charge in [-0.05, 0) is 72.4 Å². The highest BCUT2D eigenvalue weighted by Gasteiger charge is 2.31. The number of amides is 1. The van der Waals surface area contributed by atoms with E-state index in [9.17, 15) is 14.0 Å². The number of fused-ring (bicyclic) bond motifs is 1. The maximum absolute atomic E-state index is 13.6. The maximum atomic E-state index is 13.6. The zero-order valence-electron chi connectivity index (χ0n) is 25.0. The maximum Gasteiger partial charge on any atom is 0.339 e. The molecule has 0 aliphatic heterocycles. The normalized spacial score (nSPS) is 12.8. The van der Waals surface area contributed by atoms with Gasteiger partial charge >= 0.3 is 5.97 Å². The van der Waals surface area contributed by atoms with Crippen molar-refractivity contribution in [1.82, 2.24) is 5.32 Å². The molecule has 0 bridgehead atoms. The number of hydrogen-bond acceptors (Lipinski definition) is 9. The van der Waals surface area contributed by atoms with Crippen LogP contribution in [0.1, 0.15) is 50.6 Å². The summed E-state index contributed by atoms with van der Waals surface area (Å²) in [5, 5.41) is 3.47. The van der Waals surface area contributed by atoms with Crippen LogP contribution in [0.5, 0.6) is 0 Å². The number of nitrogen functional groups attached to an aromatic ring is 1. The minimum atomic E-state index is -0.473. The Balaban J connectivity index is 1.24. The molecule has 1 fully saturated rings. The van der Waals surface area contributed by atoms with E-state index in [0.29, 0.717) is 72.6 Å². The van der Waals surface area contributed by atoms with Gasteiger partial charge in [-0.3, -0.25) is 4.79 Å². The molecule has 0 unspecified atom stereocenters. The lowest BCUT2D eigenvalue weighted by molar-refractivity contribution is 0.0436. The lowest BCUT2D eigenvalue weighted by Crippen LogP contribution is -2.22. The van der Waals surface area contributed by atoms with E-state index in [2.05, 4.69) is 15.7 Å². The van der Waals surface area contributed by atoms with Crippen LogP contribution in [0, 0.1) is 5.82 Å². The van der Waals surface area contributed by atoms with Crippen LogP contribution < -0.4 is 15.4 Å². The van der Waals surface area contributed by atoms with Crippen LogP contribution in [0.15, 0.2) is 59.0 Å². The van der Waals surface area contributed by atoms with Gasteiger partial charge in [0.05, 0.1) is 56.9 Å². The molecule has 1 saturated carbocycles. The Bertz CT molecular complexity index is 1640. The van der Waals surface area contributed by atoms with Gasteiger partial charge in [0.15, 0.2) is 0 Å². The smallest absolute Gasteiger partial charge is 0.339 e. The van der Waals surface area contributed by atoms with E-state index in [1.807, 2.05) is 12.3 Å². The molecule has 232 valence electrons. The molecule has 5 rings (SSSR count). The second kappa shape index (κ2) is 14.1. The summed E-state index contributed by atoms with van der Waals surface area (Å²) < 4.78 is 38.4. The van der Waals surface area contributed by atoms with Crippen molar-refractivity contribution in [3.05, 3.63) is 82.7 Å². The number of esters is 1. The molecule has 4 aromatic rings. The molecule has 1 aliphatic carbocycles. The first-order chi connectivity index (χ1) is 21.3. The molecule has 9 nitrogen and oxygen atoms in total. The van der Waals surface area contributed by atoms with Crippen molar-refractivity contribution < 1.29 is 32.6 Å². The summed E-state index contributed by atoms with van der Waals surface area (Å²) in [5.74, 6) is -0.253. The van der Waals surface area contributed by atoms with Crippen LogP contribution in [-0.2, 0) is 20.8 Å². The highest BCUT2D eigenvalue weighted by molar-refractivity contribution is 7.99. The molecule has 0 spiro atoms. The number of nitrogens with zero attached hydrogens (tertiary/aromatic N) is 1. The van der Waals surface area contributed by atoms with Crippen molar-refractivity contribution in [2.75, 3.05) is 56.8 Å². The molecule has 1 amide bonds. The minimum Gasteiger partial charge on any atom is -0.465 e. The predicted molar refractivity (Wildman–Crippen MR) is 171 cm³/mol. The van der Waals surface area contributed by atoms with Crippen molar-refractivity contribution in [1.29, 1.82) is 0 Å². The molecule has 3 aromatic carbocycles. The first kappa shape index (κ1) is 31.4. The van der Waals surface area contributed by atoms with Crippen molar-refractivity contribution in [3.8, 4) is 11.3 Å². The van der Waals surface area contributed by atoms with Gasteiger partial charge in [0.25, 0.3) is 5.91 Å². The summed E-state index contributed by atoms with van der Waals surface area (Å²) in [6, 6.07) is 15.2. The second-order valence-corrected chi connectivity index (χ2v) is 11.2. The first-order valence-corrected chi connectivity index (χ1v) is 15.5. The predicted octanol–water partition coefficient (Wildman–Crippen LogP) is 6.16. The molecule has 0 atom stereocenters. The standard InChI is InChI=1S/C33H36FN3O6S/c1-36-32(38)30-26-17-25(21-5-6-21)28(18-29(26)43-31(30)22-7-9-23(34)10-8-22)37(44-3)12-13-41-14-15-42-19-20-4-11-24(27(35)16-20)33(39)40-2/h4,7-11,16-18,21H,5-6,12-15,19,35H2,1-3H3,(H,36,38). The van der Waals surface area contributed by atoms with Gasteiger partial charge in [0, 0.05) is 36.0 Å². The van der Waals surface area contributed by atoms with Crippen LogP contribution >= 0.6 is 11.9 Å². The van der Waals surface area contributed by atoms with Crippen LogP contribution in [0.3, 0.4) is 0 Å². The number of anilines is 2. The number of hydrogen-bond donors (Lipinski definition) is 2. The largest absolute Gasteiger partial charge is 0.465 e. The van der Waals surface area contributed by atoms with Crippen LogP contribution in [0.2, 0.25) is 0 Å². The third-order valence-corrected chi connectivity index (χ3v) is 8.32. The van der Waals surface area contributed by atoms with Gasteiger partial charge in [-0.2, -0.15) is 0 Å². The molecule has 11 heteroatoms. The highest BCUT2D eigenvalue weighted by atomic mass is 32.2. The SMILES string of the molecule is CNC(=O)c1c(-c2ccc(F)cc2)oc2cc(N(CCOCCOCc3ccc(C(=O)OC)c(N)c3)SC)c(C3CC3)cc12. The molecule has 1 aromatic heterocycles. The fourth-order valence-electron chi connectivity index (χ4n) is 5.11. The van der Waals surface area contributed by atoms with Gasteiger partial charge in [0.2, 0.25) is 0 Å². The number of halogens is 1. The van der Waals surface area contributed by atoms with Crippen molar-refractivity contribution >= 4 is 46.2 Å². The van der Waals surface area contributed by atoms with E-state index in [0.717, 1.165) is 29.5 Å². The van der Waals surface area contributed by atoms with E-state index in [-0.39, 0.29) is 11.7 Å². The van der Waals surface area contributed by atoms with Crippen LogP contribution in [0.25, 0.3) is 22.3 Å². The number of ether oxygens (including phenoxy) is 3. The third kappa shape index (κ3) is 7.01. The van der Waals surface area contributed by atoms with Gasteiger partial charge in [-0.1, -0.05) is 18.0 Å². The number of carbonyl (C=O) groups excluding carboxylic acids is 2. The number of methoxy groups -OCH3 is 1. The quantitative estimate of drug-likeness (QED) is 0.0739. The molecule has 1 heterocycles. The number of carbonyl (C=O) groups is 2. The Labute approximate surface area is 259 Å². The molecule has 0 radical (unpaired) electrons. The summed E-state index contributed by atoms with van der Waals surface area (Å²) in [5.41, 5.74) is 11.4. The monoisotopic (exact) mass is 621 g/mol. The molecule has 3 N–H and O–H groups in total. The number of rotatable bonds is 14. The Morgan fingerprint density at radius 1 is 1.07 bits per heavy atom.